The van der Waals surface area contributed by atoms with Crippen LogP contribution < -0.4 is 0 Å². The Hall–Kier alpha value is 0.314. The minimum Gasteiger partial charge on any atom is -0.402 e. The summed E-state index contributed by atoms with van der Waals surface area (Å²) >= 11 is 0. The first-order chi connectivity index (χ1) is 8.64. The van der Waals surface area contributed by atoms with E-state index in [0.29, 0.717) is 0 Å². The molecule has 0 unspecified atom stereocenters. The average molecular weight is 303 g/mol. The van der Waals surface area contributed by atoms with Crippen LogP contribution >= 0.6 is 0 Å². The molecule has 3 nitrogen and oxygen atoms in total. The average Bonchev–Trinajstić information content (AvgIpc) is 2.66. The second-order valence-corrected chi connectivity index (χ2v) is 16.5. The Morgan fingerprint density at radius 1 is 1.00 bits per heavy atom. The highest BCUT2D eigenvalue weighted by atomic mass is 28.4. The lowest BCUT2D eigenvalue weighted by molar-refractivity contribution is 0.223. The van der Waals surface area contributed by atoms with E-state index >= 15 is 0 Å². The molecule has 0 aromatic heterocycles. The fraction of sp³-hybridized carbons (Fsp3) is 1.00. The lowest BCUT2D eigenvalue weighted by atomic mass is 10.3. The summed E-state index contributed by atoms with van der Waals surface area (Å²) in [6, 6.07) is 0.799. The smallest absolute Gasteiger partial charge is 0.258 e. The van der Waals surface area contributed by atoms with Crippen molar-refractivity contribution in [3.63, 3.8) is 0 Å². The fourth-order valence-electron chi connectivity index (χ4n) is 3.51. The van der Waals surface area contributed by atoms with Crippen LogP contribution in [0.3, 0.4) is 0 Å². The predicted molar refractivity (Wildman–Crippen MR) is 89.4 cm³/mol. The Bertz CT molecular complexity index is 271. The minimum absolute atomic E-state index is 0.799. The van der Waals surface area contributed by atoms with Gasteiger partial charge in [-0.3, -0.25) is 0 Å². The van der Waals surface area contributed by atoms with Gasteiger partial charge in [-0.2, -0.15) is 0 Å². The molecule has 114 valence electrons. The molecule has 0 aliphatic heterocycles. The SMILES string of the molecule is CN(C)CCO[Si](C)(C)N(C1CCCC1)[Si](C)(C)C. The zero-order valence-electron chi connectivity index (χ0n) is 14.1. The van der Waals surface area contributed by atoms with E-state index in [1.807, 2.05) is 0 Å². The van der Waals surface area contributed by atoms with Crippen molar-refractivity contribution in [1.82, 2.24) is 9.13 Å². The van der Waals surface area contributed by atoms with Crippen LogP contribution in [-0.4, -0.2) is 59.1 Å². The van der Waals surface area contributed by atoms with Crippen LogP contribution in [0.15, 0.2) is 0 Å². The van der Waals surface area contributed by atoms with Gasteiger partial charge < -0.3 is 13.6 Å². The molecule has 1 saturated carbocycles. The summed E-state index contributed by atoms with van der Waals surface area (Å²) in [5.74, 6) is 0. The first-order valence-corrected chi connectivity index (χ1v) is 14.0. The molecule has 19 heavy (non-hydrogen) atoms. The predicted octanol–water partition coefficient (Wildman–Crippen LogP) is 3.35. The molecule has 1 rings (SSSR count). The zero-order chi connectivity index (χ0) is 14.7. The molecule has 1 fully saturated rings. The highest BCUT2D eigenvalue weighted by molar-refractivity contribution is 6.87. The van der Waals surface area contributed by atoms with E-state index in [1.165, 1.54) is 25.7 Å². The molecular weight excluding hydrogens is 268 g/mol. The molecule has 0 amide bonds. The molecular formula is C14H34N2OSi2. The van der Waals surface area contributed by atoms with E-state index in [4.69, 9.17) is 4.43 Å². The van der Waals surface area contributed by atoms with Crippen molar-refractivity contribution in [3.05, 3.63) is 0 Å². The van der Waals surface area contributed by atoms with E-state index in [0.717, 1.165) is 19.2 Å². The third-order valence-corrected chi connectivity index (χ3v) is 11.9. The number of likely N-dealkylation sites (N-methyl/N-ethyl adjacent to an activating group) is 1. The van der Waals surface area contributed by atoms with Crippen molar-refractivity contribution in [3.8, 4) is 0 Å². The Kier molecular flexibility index (Phi) is 6.26. The van der Waals surface area contributed by atoms with Crippen LogP contribution in [-0.2, 0) is 4.43 Å². The van der Waals surface area contributed by atoms with Gasteiger partial charge in [-0.05, 0) is 46.1 Å². The Labute approximate surface area is 122 Å². The second kappa shape index (κ2) is 6.85. The van der Waals surface area contributed by atoms with Gasteiger partial charge >= 0.3 is 0 Å². The largest absolute Gasteiger partial charge is 0.402 e. The van der Waals surface area contributed by atoms with Crippen molar-refractivity contribution in [2.24, 2.45) is 0 Å². The maximum atomic E-state index is 6.40. The number of rotatable bonds is 7. The van der Waals surface area contributed by atoms with Crippen molar-refractivity contribution in [2.45, 2.75) is 64.5 Å². The molecule has 0 aromatic rings. The first-order valence-electron chi connectivity index (χ1n) is 7.73. The van der Waals surface area contributed by atoms with E-state index in [-0.39, 0.29) is 0 Å². The summed E-state index contributed by atoms with van der Waals surface area (Å²) < 4.78 is 9.28. The number of hydrogen-bond acceptors (Lipinski definition) is 3. The van der Waals surface area contributed by atoms with E-state index in [2.05, 4.69) is 56.0 Å². The molecule has 1 aliphatic carbocycles. The molecule has 0 atom stereocenters. The van der Waals surface area contributed by atoms with Gasteiger partial charge in [0, 0.05) is 13.2 Å². The summed E-state index contributed by atoms with van der Waals surface area (Å²) in [7, 11) is 1.19. The Morgan fingerprint density at radius 3 is 1.95 bits per heavy atom. The molecule has 0 N–H and O–H groups in total. The Balaban J connectivity index is 2.71. The third-order valence-electron chi connectivity index (χ3n) is 3.99. The summed E-state index contributed by atoms with van der Waals surface area (Å²) in [5.41, 5.74) is 0. The molecule has 0 heterocycles. The van der Waals surface area contributed by atoms with Gasteiger partial charge in [-0.25, -0.2) is 0 Å². The van der Waals surface area contributed by atoms with Gasteiger partial charge in [0.15, 0.2) is 0 Å². The van der Waals surface area contributed by atoms with Crippen LogP contribution in [0.5, 0.6) is 0 Å². The van der Waals surface area contributed by atoms with Crippen LogP contribution in [0.25, 0.3) is 0 Å². The van der Waals surface area contributed by atoms with Crippen LogP contribution in [0, 0.1) is 0 Å². The lowest BCUT2D eigenvalue weighted by Gasteiger charge is -2.48. The maximum Gasteiger partial charge on any atom is 0.258 e. The van der Waals surface area contributed by atoms with Gasteiger partial charge in [0.25, 0.3) is 8.48 Å². The van der Waals surface area contributed by atoms with Gasteiger partial charge in [0.05, 0.1) is 0 Å². The highest BCUT2D eigenvalue weighted by Crippen LogP contribution is 2.32. The molecule has 0 aromatic carbocycles. The number of nitrogens with zero attached hydrogens (tertiary/aromatic N) is 2. The summed E-state index contributed by atoms with van der Waals surface area (Å²) in [5, 5.41) is 0. The van der Waals surface area contributed by atoms with Crippen LogP contribution in [0.1, 0.15) is 25.7 Å². The van der Waals surface area contributed by atoms with E-state index in [9.17, 15) is 0 Å². The van der Waals surface area contributed by atoms with Gasteiger partial charge in [0.1, 0.15) is 8.24 Å². The van der Waals surface area contributed by atoms with E-state index < -0.39 is 16.7 Å². The molecule has 1 aliphatic rings. The maximum absolute atomic E-state index is 6.40. The second-order valence-electron chi connectivity index (χ2n) is 7.58. The quantitative estimate of drug-likeness (QED) is 0.671. The number of hydrogen-bond donors (Lipinski definition) is 0. The third kappa shape index (κ3) is 5.30. The van der Waals surface area contributed by atoms with Crippen molar-refractivity contribution >= 4 is 16.7 Å². The summed E-state index contributed by atoms with van der Waals surface area (Å²) in [6.07, 6.45) is 5.59. The first kappa shape index (κ1) is 17.4. The molecule has 0 saturated heterocycles. The van der Waals surface area contributed by atoms with Gasteiger partial charge in [-0.1, -0.05) is 32.5 Å². The highest BCUT2D eigenvalue weighted by Gasteiger charge is 2.44. The molecule has 5 heteroatoms. The zero-order valence-corrected chi connectivity index (χ0v) is 16.1. The van der Waals surface area contributed by atoms with Crippen molar-refractivity contribution in [1.29, 1.82) is 0 Å². The van der Waals surface area contributed by atoms with Gasteiger partial charge in [0.2, 0.25) is 0 Å². The molecule has 0 spiro atoms. The van der Waals surface area contributed by atoms with Crippen LogP contribution in [0.2, 0.25) is 32.7 Å². The Morgan fingerprint density at radius 2 is 1.53 bits per heavy atom. The molecule has 0 radical (unpaired) electrons. The van der Waals surface area contributed by atoms with Crippen LogP contribution in [0.4, 0.5) is 0 Å². The standard InChI is InChI=1S/C14H34N2OSi2/c1-15(2)12-13-17-19(6,7)16(18(3,4)5)14-10-8-9-11-14/h14H,8-13H2,1-7H3. The normalized spacial score (nSPS) is 18.8. The summed E-state index contributed by atoms with van der Waals surface area (Å²) in [6.45, 7) is 14.2. The summed E-state index contributed by atoms with van der Waals surface area (Å²) in [4.78, 5) is 2.21. The van der Waals surface area contributed by atoms with Crippen molar-refractivity contribution < 1.29 is 4.43 Å². The molecule has 0 bridgehead atoms. The lowest BCUT2D eigenvalue weighted by Crippen LogP contribution is -2.65. The fourth-order valence-corrected chi connectivity index (χ4v) is 13.4. The minimum atomic E-state index is -1.73. The van der Waals surface area contributed by atoms with E-state index in [1.54, 1.807) is 0 Å². The monoisotopic (exact) mass is 302 g/mol. The van der Waals surface area contributed by atoms with Gasteiger partial charge in [-0.15, -0.1) is 0 Å². The topological polar surface area (TPSA) is 15.7 Å². The van der Waals surface area contributed by atoms with Crippen molar-refractivity contribution in [2.75, 3.05) is 27.2 Å².